The van der Waals surface area contributed by atoms with E-state index in [0.29, 0.717) is 13.0 Å². The molecule has 1 unspecified atom stereocenters. The highest BCUT2D eigenvalue weighted by Crippen LogP contribution is 2.10. The van der Waals surface area contributed by atoms with Crippen molar-refractivity contribution in [3.63, 3.8) is 0 Å². The van der Waals surface area contributed by atoms with E-state index in [0.717, 1.165) is 19.4 Å². The summed E-state index contributed by atoms with van der Waals surface area (Å²) < 4.78 is 0. The van der Waals surface area contributed by atoms with Crippen LogP contribution in [0.1, 0.15) is 47.0 Å². The van der Waals surface area contributed by atoms with Gasteiger partial charge in [0.1, 0.15) is 0 Å². The minimum Gasteiger partial charge on any atom is -0.390 e. The lowest BCUT2D eigenvalue weighted by Gasteiger charge is -2.24. The fourth-order valence-corrected chi connectivity index (χ4v) is 1.38. The van der Waals surface area contributed by atoms with Crippen molar-refractivity contribution in [1.29, 1.82) is 0 Å². The molecule has 3 N–H and O–H groups in total. The number of aliphatic hydroxyl groups is 2. The molecule has 0 aliphatic rings. The normalized spacial score (nSPS) is 16.7. The zero-order chi connectivity index (χ0) is 11.2. The third-order valence-corrected chi connectivity index (χ3v) is 2.21. The third-order valence-electron chi connectivity index (χ3n) is 2.21. The van der Waals surface area contributed by atoms with E-state index in [1.807, 2.05) is 6.92 Å². The van der Waals surface area contributed by atoms with E-state index in [9.17, 15) is 10.2 Å². The van der Waals surface area contributed by atoms with Crippen molar-refractivity contribution in [2.75, 3.05) is 13.1 Å². The standard InChI is InChI=1S/C11H25NO2/c1-5-6-11(4,14)9-12-8-7-10(2,3)13/h12-14H,5-9H2,1-4H3. The molecule has 0 radical (unpaired) electrons. The average Bonchev–Trinajstić information content (AvgIpc) is 1.96. The smallest absolute Gasteiger partial charge is 0.0743 e. The maximum atomic E-state index is 9.82. The Hall–Kier alpha value is -0.120. The van der Waals surface area contributed by atoms with Gasteiger partial charge < -0.3 is 15.5 Å². The summed E-state index contributed by atoms with van der Waals surface area (Å²) in [6.07, 6.45) is 2.50. The molecule has 86 valence electrons. The molecule has 0 aromatic heterocycles. The topological polar surface area (TPSA) is 52.5 Å². The first-order valence-corrected chi connectivity index (χ1v) is 5.42. The molecule has 0 aliphatic heterocycles. The van der Waals surface area contributed by atoms with Crippen molar-refractivity contribution in [3.8, 4) is 0 Å². The summed E-state index contributed by atoms with van der Waals surface area (Å²) in [5, 5.41) is 22.4. The number of hydrogen-bond acceptors (Lipinski definition) is 3. The summed E-state index contributed by atoms with van der Waals surface area (Å²) in [4.78, 5) is 0. The van der Waals surface area contributed by atoms with Crippen LogP contribution in [0.15, 0.2) is 0 Å². The molecule has 3 nitrogen and oxygen atoms in total. The van der Waals surface area contributed by atoms with Crippen LogP contribution in [0.5, 0.6) is 0 Å². The van der Waals surface area contributed by atoms with E-state index in [2.05, 4.69) is 12.2 Å². The Bertz CT molecular complexity index is 150. The second-order valence-electron chi connectivity index (χ2n) is 4.99. The van der Waals surface area contributed by atoms with Crippen LogP contribution in [0.4, 0.5) is 0 Å². The molecule has 0 amide bonds. The molecule has 0 aliphatic carbocycles. The van der Waals surface area contributed by atoms with Gasteiger partial charge in [-0.25, -0.2) is 0 Å². The Labute approximate surface area is 87.5 Å². The first-order chi connectivity index (χ1) is 6.27. The summed E-state index contributed by atoms with van der Waals surface area (Å²) in [6, 6.07) is 0. The number of nitrogens with one attached hydrogen (secondary N) is 1. The minimum absolute atomic E-state index is 0.594. The van der Waals surface area contributed by atoms with E-state index in [1.54, 1.807) is 13.8 Å². The van der Waals surface area contributed by atoms with E-state index in [4.69, 9.17) is 0 Å². The van der Waals surface area contributed by atoms with Gasteiger partial charge in [0.05, 0.1) is 11.2 Å². The van der Waals surface area contributed by atoms with Gasteiger partial charge in [0, 0.05) is 6.54 Å². The Morgan fingerprint density at radius 2 is 1.64 bits per heavy atom. The van der Waals surface area contributed by atoms with E-state index < -0.39 is 11.2 Å². The highest BCUT2D eigenvalue weighted by molar-refractivity contribution is 4.75. The molecule has 0 spiro atoms. The van der Waals surface area contributed by atoms with Gasteiger partial charge in [-0.05, 0) is 40.2 Å². The molecule has 0 heterocycles. The minimum atomic E-state index is -0.621. The number of rotatable bonds is 7. The first kappa shape index (κ1) is 13.9. The van der Waals surface area contributed by atoms with Crippen molar-refractivity contribution in [1.82, 2.24) is 5.32 Å². The zero-order valence-electron chi connectivity index (χ0n) is 9.93. The second-order valence-corrected chi connectivity index (χ2v) is 4.99. The van der Waals surface area contributed by atoms with Crippen LogP contribution in [0.25, 0.3) is 0 Å². The summed E-state index contributed by atoms with van der Waals surface area (Å²) in [5.74, 6) is 0. The van der Waals surface area contributed by atoms with Crippen LogP contribution in [-0.4, -0.2) is 34.5 Å². The van der Waals surface area contributed by atoms with Crippen LogP contribution in [0, 0.1) is 0 Å². The molecular weight excluding hydrogens is 178 g/mol. The highest BCUT2D eigenvalue weighted by Gasteiger charge is 2.18. The Balaban J connectivity index is 3.54. The van der Waals surface area contributed by atoms with E-state index in [1.165, 1.54) is 0 Å². The van der Waals surface area contributed by atoms with Gasteiger partial charge in [-0.3, -0.25) is 0 Å². The van der Waals surface area contributed by atoms with Crippen molar-refractivity contribution < 1.29 is 10.2 Å². The molecule has 0 aromatic carbocycles. The second kappa shape index (κ2) is 5.69. The quantitative estimate of drug-likeness (QED) is 0.546. The third kappa shape index (κ3) is 8.48. The average molecular weight is 203 g/mol. The monoisotopic (exact) mass is 203 g/mol. The predicted molar refractivity (Wildman–Crippen MR) is 59.3 cm³/mol. The summed E-state index contributed by atoms with van der Waals surface area (Å²) in [5.41, 5.74) is -1.24. The molecular formula is C11H25NO2. The van der Waals surface area contributed by atoms with Gasteiger partial charge in [-0.2, -0.15) is 0 Å². The van der Waals surface area contributed by atoms with Crippen molar-refractivity contribution in [2.45, 2.75) is 58.2 Å². The molecule has 0 saturated heterocycles. The Morgan fingerprint density at radius 3 is 2.07 bits per heavy atom. The van der Waals surface area contributed by atoms with Gasteiger partial charge in [0.25, 0.3) is 0 Å². The van der Waals surface area contributed by atoms with Crippen molar-refractivity contribution >= 4 is 0 Å². The van der Waals surface area contributed by atoms with E-state index >= 15 is 0 Å². The van der Waals surface area contributed by atoms with Gasteiger partial charge in [-0.15, -0.1) is 0 Å². The molecule has 0 fully saturated rings. The largest absolute Gasteiger partial charge is 0.390 e. The molecule has 0 saturated carbocycles. The Morgan fingerprint density at radius 1 is 1.07 bits per heavy atom. The maximum Gasteiger partial charge on any atom is 0.0743 e. The fraction of sp³-hybridized carbons (Fsp3) is 1.00. The van der Waals surface area contributed by atoms with Crippen LogP contribution in [-0.2, 0) is 0 Å². The summed E-state index contributed by atoms with van der Waals surface area (Å²) >= 11 is 0. The molecule has 14 heavy (non-hydrogen) atoms. The molecule has 3 heteroatoms. The lowest BCUT2D eigenvalue weighted by atomic mass is 10.0. The fourth-order valence-electron chi connectivity index (χ4n) is 1.38. The lowest BCUT2D eigenvalue weighted by molar-refractivity contribution is 0.0430. The summed E-state index contributed by atoms with van der Waals surface area (Å²) in [7, 11) is 0. The molecule has 1 atom stereocenters. The highest BCUT2D eigenvalue weighted by atomic mass is 16.3. The molecule has 0 aromatic rings. The maximum absolute atomic E-state index is 9.82. The van der Waals surface area contributed by atoms with Gasteiger partial charge in [0.15, 0.2) is 0 Å². The number of hydrogen-bond donors (Lipinski definition) is 3. The van der Waals surface area contributed by atoms with Crippen LogP contribution in [0.2, 0.25) is 0 Å². The van der Waals surface area contributed by atoms with Crippen LogP contribution >= 0.6 is 0 Å². The van der Waals surface area contributed by atoms with Crippen molar-refractivity contribution in [3.05, 3.63) is 0 Å². The molecule has 0 bridgehead atoms. The van der Waals surface area contributed by atoms with Gasteiger partial charge in [-0.1, -0.05) is 13.3 Å². The lowest BCUT2D eigenvalue weighted by Crippen LogP contribution is -2.39. The van der Waals surface area contributed by atoms with Crippen LogP contribution < -0.4 is 5.32 Å². The van der Waals surface area contributed by atoms with E-state index in [-0.39, 0.29) is 0 Å². The van der Waals surface area contributed by atoms with Crippen LogP contribution in [0.3, 0.4) is 0 Å². The van der Waals surface area contributed by atoms with Gasteiger partial charge in [0.2, 0.25) is 0 Å². The summed E-state index contributed by atoms with van der Waals surface area (Å²) in [6.45, 7) is 8.82. The van der Waals surface area contributed by atoms with Gasteiger partial charge >= 0.3 is 0 Å². The SMILES string of the molecule is CCCC(C)(O)CNCCC(C)(C)O. The Kier molecular flexibility index (Phi) is 5.64. The zero-order valence-corrected chi connectivity index (χ0v) is 9.93. The molecule has 0 rings (SSSR count). The first-order valence-electron chi connectivity index (χ1n) is 5.42. The predicted octanol–water partition coefficient (Wildman–Crippen LogP) is 1.29. The van der Waals surface area contributed by atoms with Crippen molar-refractivity contribution in [2.24, 2.45) is 0 Å².